The van der Waals surface area contributed by atoms with E-state index in [1.54, 1.807) is 18.2 Å². The first-order valence-corrected chi connectivity index (χ1v) is 9.19. The lowest BCUT2D eigenvalue weighted by Crippen LogP contribution is -2.15. The van der Waals surface area contributed by atoms with Gasteiger partial charge in [-0.2, -0.15) is 13.2 Å². The number of carbonyl (C=O) groups excluding carboxylic acids is 2. The zero-order valence-corrected chi connectivity index (χ0v) is 17.0. The maximum atomic E-state index is 12.8. The number of nitrogens with one attached hydrogen (secondary N) is 1. The van der Waals surface area contributed by atoms with E-state index in [9.17, 15) is 18.0 Å². The molecule has 0 spiro atoms. The summed E-state index contributed by atoms with van der Waals surface area (Å²) >= 11 is 12.2. The van der Waals surface area contributed by atoms with Gasteiger partial charge in [0.2, 0.25) is 0 Å². The highest BCUT2D eigenvalue weighted by molar-refractivity contribution is 6.35. The predicted octanol–water partition coefficient (Wildman–Crippen LogP) is 5.17. The second-order valence-electron chi connectivity index (χ2n) is 6.50. The molecule has 3 rings (SSSR count). The molecular weight excluding hydrogens is 434 g/mol. The van der Waals surface area contributed by atoms with Crippen LogP contribution >= 0.6 is 23.2 Å². The van der Waals surface area contributed by atoms with Crippen LogP contribution in [0.4, 0.5) is 18.9 Å². The average molecular weight is 452 g/mol. The van der Waals surface area contributed by atoms with Gasteiger partial charge in [0.05, 0.1) is 29.1 Å². The molecular formula is C18H18Cl2F3N3O3. The summed E-state index contributed by atoms with van der Waals surface area (Å²) in [5, 5.41) is 2.69. The monoisotopic (exact) mass is 451 g/mol. The number of amides is 1. The number of aromatic nitrogens is 2. The maximum Gasteiger partial charge on any atom is 0.393 e. The summed E-state index contributed by atoms with van der Waals surface area (Å²) in [4.78, 5) is 24.3. The third kappa shape index (κ3) is 5.42. The lowest BCUT2D eigenvalue weighted by Gasteiger charge is -2.12. The van der Waals surface area contributed by atoms with Gasteiger partial charge in [-0.1, -0.05) is 23.2 Å². The average Bonchev–Trinajstić information content (AvgIpc) is 3.35. The minimum absolute atomic E-state index is 0.0695. The number of halogens is 5. The van der Waals surface area contributed by atoms with E-state index in [0.717, 1.165) is 6.33 Å². The van der Waals surface area contributed by atoms with Crippen LogP contribution in [0.5, 0.6) is 5.75 Å². The molecule has 1 heterocycles. The van der Waals surface area contributed by atoms with Gasteiger partial charge in [0.15, 0.2) is 5.69 Å². The Morgan fingerprint density at radius 3 is 2.55 bits per heavy atom. The summed E-state index contributed by atoms with van der Waals surface area (Å²) in [5.41, 5.74) is 0.112. The Kier molecular flexibility index (Phi) is 7.18. The molecule has 0 aliphatic heterocycles. The van der Waals surface area contributed by atoms with Crippen LogP contribution < -0.4 is 10.1 Å². The van der Waals surface area contributed by atoms with Crippen molar-refractivity contribution in [1.29, 1.82) is 0 Å². The van der Waals surface area contributed by atoms with Crippen LogP contribution in [0.15, 0.2) is 24.5 Å². The van der Waals surface area contributed by atoms with E-state index in [4.69, 9.17) is 32.7 Å². The molecule has 0 radical (unpaired) electrons. The number of hydrogen-bond acceptors (Lipinski definition) is 4. The van der Waals surface area contributed by atoms with Crippen molar-refractivity contribution >= 4 is 41.6 Å². The van der Waals surface area contributed by atoms with Gasteiger partial charge in [0.1, 0.15) is 17.7 Å². The predicted molar refractivity (Wildman–Crippen MR) is 103 cm³/mol. The minimum atomic E-state index is -4.30. The van der Waals surface area contributed by atoms with Gasteiger partial charge in [-0.3, -0.25) is 4.79 Å². The van der Waals surface area contributed by atoms with Gasteiger partial charge >= 0.3 is 6.18 Å². The molecule has 2 atom stereocenters. The Balaban J connectivity index is 0.00000145. The first kappa shape index (κ1) is 23.0. The number of hydrogen-bond donors (Lipinski definition) is 1. The van der Waals surface area contributed by atoms with Gasteiger partial charge in [0, 0.05) is 12.1 Å². The third-order valence-electron chi connectivity index (χ3n) is 4.04. The van der Waals surface area contributed by atoms with Crippen molar-refractivity contribution in [1.82, 2.24) is 9.55 Å². The van der Waals surface area contributed by atoms with E-state index in [2.05, 4.69) is 10.3 Å². The van der Waals surface area contributed by atoms with Crippen molar-refractivity contribution in [2.45, 2.75) is 38.6 Å². The van der Waals surface area contributed by atoms with Crippen LogP contribution in [0.1, 0.15) is 36.8 Å². The molecule has 1 aliphatic carbocycles. The molecule has 1 N–H and O–H groups in total. The smallest absolute Gasteiger partial charge is 0.393 e. The fourth-order valence-corrected chi connectivity index (χ4v) is 3.17. The zero-order chi connectivity index (χ0) is 21.9. The summed E-state index contributed by atoms with van der Waals surface area (Å²) in [6, 6.07) is 3.93. The fourth-order valence-electron chi connectivity index (χ4n) is 2.70. The van der Waals surface area contributed by atoms with E-state index in [0.29, 0.717) is 5.75 Å². The van der Waals surface area contributed by atoms with Crippen molar-refractivity contribution in [2.75, 3.05) is 5.32 Å². The number of imidazole rings is 1. The number of carbonyl (C=O) groups is 2. The molecule has 29 heavy (non-hydrogen) atoms. The Bertz CT molecular complexity index is 887. The van der Waals surface area contributed by atoms with Crippen molar-refractivity contribution < 1.29 is 27.5 Å². The summed E-state index contributed by atoms with van der Waals surface area (Å²) in [6.45, 7) is 5.71. The molecule has 1 saturated carbocycles. The number of nitrogens with zero attached hydrogens (tertiary/aromatic N) is 2. The summed E-state index contributed by atoms with van der Waals surface area (Å²) in [6.07, 6.45) is -3.31. The van der Waals surface area contributed by atoms with Crippen LogP contribution in [-0.4, -0.2) is 34.5 Å². The van der Waals surface area contributed by atoms with Crippen LogP contribution in [0, 0.1) is 5.92 Å². The normalized spacial score (nSPS) is 18.1. The molecule has 2 unspecified atom stereocenters. The molecule has 0 saturated heterocycles. The SMILES string of the molecule is C=O.CC(C)Oc1ccc(Cl)c(NC(=O)c2ncn(C3CC3C(F)(F)F)c2Cl)c1. The Morgan fingerprint density at radius 2 is 2.00 bits per heavy atom. The van der Waals surface area contributed by atoms with Gasteiger partial charge in [0.25, 0.3) is 5.91 Å². The first-order valence-electron chi connectivity index (χ1n) is 8.43. The Morgan fingerprint density at radius 1 is 1.34 bits per heavy atom. The van der Waals surface area contributed by atoms with E-state index < -0.39 is 24.0 Å². The summed E-state index contributed by atoms with van der Waals surface area (Å²) in [5.74, 6) is -1.64. The van der Waals surface area contributed by atoms with Gasteiger partial charge in [-0.25, -0.2) is 4.98 Å². The van der Waals surface area contributed by atoms with E-state index in [1.165, 1.54) is 4.57 Å². The molecule has 2 aromatic rings. The number of alkyl halides is 3. The van der Waals surface area contributed by atoms with Gasteiger partial charge in [-0.05, 0) is 32.4 Å². The molecule has 158 valence electrons. The number of rotatable bonds is 5. The molecule has 1 amide bonds. The molecule has 6 nitrogen and oxygen atoms in total. The van der Waals surface area contributed by atoms with Gasteiger partial charge in [-0.15, -0.1) is 0 Å². The van der Waals surface area contributed by atoms with Crippen LogP contribution in [0.2, 0.25) is 10.2 Å². The topological polar surface area (TPSA) is 73.2 Å². The van der Waals surface area contributed by atoms with Crippen LogP contribution in [-0.2, 0) is 4.79 Å². The highest BCUT2D eigenvalue weighted by atomic mass is 35.5. The second kappa shape index (κ2) is 9.04. The molecule has 1 aromatic heterocycles. The highest BCUT2D eigenvalue weighted by Crippen LogP contribution is 2.54. The molecule has 0 bridgehead atoms. The quantitative estimate of drug-likeness (QED) is 0.680. The Hall–Kier alpha value is -2.26. The molecule has 1 aliphatic rings. The number of benzene rings is 1. The molecule has 1 aromatic carbocycles. The summed E-state index contributed by atoms with van der Waals surface area (Å²) in [7, 11) is 0. The fraction of sp³-hybridized carbons (Fsp3) is 0.389. The van der Waals surface area contributed by atoms with Crippen molar-refractivity contribution in [2.24, 2.45) is 5.92 Å². The highest BCUT2D eigenvalue weighted by Gasteiger charge is 2.57. The van der Waals surface area contributed by atoms with Crippen LogP contribution in [0.3, 0.4) is 0 Å². The number of ether oxygens (including phenoxy) is 1. The lowest BCUT2D eigenvalue weighted by molar-refractivity contribution is -0.150. The van der Waals surface area contributed by atoms with E-state index in [1.807, 2.05) is 20.6 Å². The van der Waals surface area contributed by atoms with Gasteiger partial charge < -0.3 is 19.4 Å². The first-order chi connectivity index (χ1) is 13.6. The summed E-state index contributed by atoms with van der Waals surface area (Å²) < 4.78 is 45.0. The Labute approximate surface area is 175 Å². The molecule has 1 fully saturated rings. The maximum absolute atomic E-state index is 12.8. The zero-order valence-electron chi connectivity index (χ0n) is 15.5. The van der Waals surface area contributed by atoms with Crippen LogP contribution in [0.25, 0.3) is 0 Å². The third-order valence-corrected chi connectivity index (χ3v) is 4.74. The number of anilines is 1. The lowest BCUT2D eigenvalue weighted by atomic mass is 10.3. The van der Waals surface area contributed by atoms with E-state index in [-0.39, 0.29) is 34.1 Å². The van der Waals surface area contributed by atoms with E-state index >= 15 is 0 Å². The minimum Gasteiger partial charge on any atom is -0.491 e. The van der Waals surface area contributed by atoms with Crippen molar-refractivity contribution in [3.8, 4) is 5.75 Å². The standard InChI is InChI=1S/C17H16Cl2F3N3O2.CH2O/c1-8(2)27-9-3-4-11(18)12(5-9)24-16(26)14-15(19)25(7-23-14)13-6-10(13)17(20,21)22;1-2/h3-5,7-8,10,13H,6H2,1-2H3,(H,24,26);1H2. The van der Waals surface area contributed by atoms with Crippen molar-refractivity contribution in [3.05, 3.63) is 40.4 Å². The second-order valence-corrected chi connectivity index (χ2v) is 7.27. The largest absolute Gasteiger partial charge is 0.491 e. The molecule has 11 heteroatoms. The van der Waals surface area contributed by atoms with Crippen molar-refractivity contribution in [3.63, 3.8) is 0 Å².